The first-order valence-electron chi connectivity index (χ1n) is 6.36. The van der Waals surface area contributed by atoms with E-state index in [0.29, 0.717) is 18.0 Å². The van der Waals surface area contributed by atoms with Gasteiger partial charge in [-0.3, -0.25) is 9.59 Å². The Morgan fingerprint density at radius 3 is 3.05 bits per heavy atom. The molecule has 2 N–H and O–H groups in total. The molecule has 20 heavy (non-hydrogen) atoms. The fourth-order valence-corrected chi connectivity index (χ4v) is 3.00. The zero-order chi connectivity index (χ0) is 14.5. The molecule has 0 saturated carbocycles. The average molecular weight is 292 g/mol. The normalized spacial score (nSPS) is 17.5. The quantitative estimate of drug-likeness (QED) is 0.777. The van der Waals surface area contributed by atoms with Crippen LogP contribution in [0.3, 0.4) is 0 Å². The van der Waals surface area contributed by atoms with Crippen LogP contribution in [-0.4, -0.2) is 47.6 Å². The summed E-state index contributed by atoms with van der Waals surface area (Å²) < 4.78 is 0. The topological polar surface area (TPSA) is 69.6 Å². The van der Waals surface area contributed by atoms with E-state index in [1.807, 2.05) is 0 Å². The first-order chi connectivity index (χ1) is 9.60. The van der Waals surface area contributed by atoms with Gasteiger partial charge in [0.25, 0.3) is 5.91 Å². The highest BCUT2D eigenvalue weighted by atomic mass is 32.1. The third kappa shape index (κ3) is 3.59. The van der Waals surface area contributed by atoms with Gasteiger partial charge in [-0.05, 0) is 18.6 Å². The van der Waals surface area contributed by atoms with Gasteiger partial charge in [0.15, 0.2) is 0 Å². The zero-order valence-corrected chi connectivity index (χ0v) is 12.0. The summed E-state index contributed by atoms with van der Waals surface area (Å²) in [6.45, 7) is 2.49. The second-order valence-corrected chi connectivity index (χ2v) is 5.64. The van der Waals surface area contributed by atoms with Crippen LogP contribution in [0.25, 0.3) is 0 Å². The lowest BCUT2D eigenvalue weighted by Crippen LogP contribution is -2.37. The molecule has 2 heterocycles. The Kier molecular flexibility index (Phi) is 4.77. The smallest absolute Gasteiger partial charge is 0.264 e. The number of nitrogens with one attached hydrogen (secondary N) is 1. The molecule has 1 fully saturated rings. The number of nitrogens with zero attached hydrogens (tertiary/aromatic N) is 1. The van der Waals surface area contributed by atoms with E-state index in [1.54, 1.807) is 17.0 Å². The van der Waals surface area contributed by atoms with Crippen LogP contribution >= 0.6 is 11.3 Å². The van der Waals surface area contributed by atoms with Gasteiger partial charge in [0, 0.05) is 26.1 Å². The molecule has 5 nitrogen and oxygen atoms in total. The predicted molar refractivity (Wildman–Crippen MR) is 76.4 cm³/mol. The Morgan fingerprint density at radius 2 is 2.35 bits per heavy atom. The highest BCUT2D eigenvalue weighted by molar-refractivity contribution is 7.14. The molecule has 0 radical (unpaired) electrons. The second kappa shape index (κ2) is 6.55. The van der Waals surface area contributed by atoms with E-state index in [2.05, 4.69) is 17.2 Å². The van der Waals surface area contributed by atoms with Crippen molar-refractivity contribution in [1.29, 1.82) is 0 Å². The van der Waals surface area contributed by atoms with Gasteiger partial charge in [-0.25, -0.2) is 0 Å². The van der Waals surface area contributed by atoms with Crippen LogP contribution in [-0.2, 0) is 4.79 Å². The predicted octanol–water partition coefficient (Wildman–Crippen LogP) is 0.442. The van der Waals surface area contributed by atoms with Crippen LogP contribution in [0, 0.1) is 11.8 Å². The van der Waals surface area contributed by atoms with Crippen LogP contribution in [0.4, 0.5) is 0 Å². The van der Waals surface area contributed by atoms with Gasteiger partial charge < -0.3 is 15.3 Å². The van der Waals surface area contributed by atoms with Crippen molar-refractivity contribution in [2.75, 3.05) is 19.7 Å². The summed E-state index contributed by atoms with van der Waals surface area (Å²) in [6, 6.07) is 3.58. The average Bonchev–Trinajstić information content (AvgIpc) is 3.04. The first-order valence-corrected chi connectivity index (χ1v) is 7.17. The van der Waals surface area contributed by atoms with E-state index in [1.165, 1.54) is 18.3 Å². The number of rotatable bonds is 2. The maximum Gasteiger partial charge on any atom is 0.264 e. The SMILES string of the molecule is CC(=O)NC1CCN(C(=O)c2ccc(C#CCO)s2)C1. The number of amides is 2. The minimum Gasteiger partial charge on any atom is -0.384 e. The van der Waals surface area contributed by atoms with E-state index < -0.39 is 0 Å². The molecule has 0 aromatic carbocycles. The highest BCUT2D eigenvalue weighted by Crippen LogP contribution is 2.20. The Labute approximate surface area is 121 Å². The van der Waals surface area contributed by atoms with E-state index in [0.717, 1.165) is 11.3 Å². The van der Waals surface area contributed by atoms with Crippen molar-refractivity contribution >= 4 is 23.2 Å². The Hall–Kier alpha value is -1.84. The van der Waals surface area contributed by atoms with Crippen molar-refractivity contribution in [3.8, 4) is 11.8 Å². The lowest BCUT2D eigenvalue weighted by Gasteiger charge is -2.15. The summed E-state index contributed by atoms with van der Waals surface area (Å²) in [7, 11) is 0. The van der Waals surface area contributed by atoms with Crippen LogP contribution < -0.4 is 5.32 Å². The molecule has 0 spiro atoms. The molecule has 0 bridgehead atoms. The summed E-state index contributed by atoms with van der Waals surface area (Å²) >= 11 is 1.32. The number of likely N-dealkylation sites (tertiary alicyclic amines) is 1. The number of aliphatic hydroxyl groups is 1. The van der Waals surface area contributed by atoms with Crippen molar-refractivity contribution in [3.05, 3.63) is 21.9 Å². The number of thiophene rings is 1. The minimum atomic E-state index is -0.189. The van der Waals surface area contributed by atoms with Gasteiger partial charge >= 0.3 is 0 Å². The molecule has 1 saturated heterocycles. The fraction of sp³-hybridized carbons (Fsp3) is 0.429. The number of hydrogen-bond acceptors (Lipinski definition) is 4. The molecule has 0 aliphatic carbocycles. The van der Waals surface area contributed by atoms with Gasteiger partial charge in [-0.1, -0.05) is 11.8 Å². The van der Waals surface area contributed by atoms with E-state index in [9.17, 15) is 9.59 Å². The van der Waals surface area contributed by atoms with Crippen molar-refractivity contribution < 1.29 is 14.7 Å². The molecular weight excluding hydrogens is 276 g/mol. The van der Waals surface area contributed by atoms with Crippen molar-refractivity contribution in [2.24, 2.45) is 0 Å². The summed E-state index contributed by atoms with van der Waals surface area (Å²) in [6.07, 6.45) is 0.786. The number of aliphatic hydroxyl groups excluding tert-OH is 1. The Morgan fingerprint density at radius 1 is 1.55 bits per heavy atom. The second-order valence-electron chi connectivity index (χ2n) is 4.56. The monoisotopic (exact) mass is 292 g/mol. The number of carbonyl (C=O) groups is 2. The van der Waals surface area contributed by atoms with Crippen LogP contribution in [0.2, 0.25) is 0 Å². The van der Waals surface area contributed by atoms with Gasteiger partial charge in [0.1, 0.15) is 6.61 Å². The molecule has 1 aliphatic rings. The first kappa shape index (κ1) is 14.6. The van der Waals surface area contributed by atoms with Crippen LogP contribution in [0.1, 0.15) is 27.9 Å². The number of carbonyl (C=O) groups excluding carboxylic acids is 2. The maximum absolute atomic E-state index is 12.3. The summed E-state index contributed by atoms with van der Waals surface area (Å²) in [5.41, 5.74) is 0. The summed E-state index contributed by atoms with van der Waals surface area (Å²) in [4.78, 5) is 26.4. The lowest BCUT2D eigenvalue weighted by molar-refractivity contribution is -0.119. The minimum absolute atomic E-state index is 0.0279. The van der Waals surface area contributed by atoms with Crippen molar-refractivity contribution in [1.82, 2.24) is 10.2 Å². The summed E-state index contributed by atoms with van der Waals surface area (Å²) in [5, 5.41) is 11.5. The van der Waals surface area contributed by atoms with E-state index >= 15 is 0 Å². The standard InChI is InChI=1S/C14H16N2O3S/c1-10(18)15-11-6-7-16(9-11)14(19)13-5-4-12(20-13)3-2-8-17/h4-5,11,17H,6-9H2,1H3,(H,15,18). The molecule has 106 valence electrons. The van der Waals surface area contributed by atoms with Crippen LogP contribution in [0.5, 0.6) is 0 Å². The zero-order valence-electron chi connectivity index (χ0n) is 11.2. The fourth-order valence-electron chi connectivity index (χ4n) is 2.15. The largest absolute Gasteiger partial charge is 0.384 e. The Bertz CT molecular complexity index is 570. The van der Waals surface area contributed by atoms with Gasteiger partial charge in [-0.15, -0.1) is 11.3 Å². The molecule has 1 aromatic heterocycles. The van der Waals surface area contributed by atoms with Gasteiger partial charge in [0.2, 0.25) is 5.91 Å². The molecule has 2 rings (SSSR count). The van der Waals surface area contributed by atoms with Gasteiger partial charge in [-0.2, -0.15) is 0 Å². The molecule has 1 aromatic rings. The summed E-state index contributed by atoms with van der Waals surface area (Å²) in [5.74, 6) is 5.25. The van der Waals surface area contributed by atoms with Crippen LogP contribution in [0.15, 0.2) is 12.1 Å². The third-order valence-electron chi connectivity index (χ3n) is 2.99. The third-order valence-corrected chi connectivity index (χ3v) is 3.98. The van der Waals surface area contributed by atoms with E-state index in [-0.39, 0.29) is 24.5 Å². The molecule has 1 aliphatic heterocycles. The molecule has 1 atom stereocenters. The highest BCUT2D eigenvalue weighted by Gasteiger charge is 2.27. The van der Waals surface area contributed by atoms with Crippen molar-refractivity contribution in [3.63, 3.8) is 0 Å². The maximum atomic E-state index is 12.3. The molecule has 2 amide bonds. The lowest BCUT2D eigenvalue weighted by atomic mass is 10.2. The molecule has 6 heteroatoms. The molecule has 1 unspecified atom stereocenters. The van der Waals surface area contributed by atoms with Crippen molar-refractivity contribution in [2.45, 2.75) is 19.4 Å². The van der Waals surface area contributed by atoms with Gasteiger partial charge in [0.05, 0.1) is 9.75 Å². The number of hydrogen-bond donors (Lipinski definition) is 2. The molecular formula is C14H16N2O3S. The van der Waals surface area contributed by atoms with E-state index in [4.69, 9.17) is 5.11 Å². The Balaban J connectivity index is 1.98.